The number of nitrogens with one attached hydrogen (secondary N) is 1. The number of rotatable bonds is 5. The number of aromatic nitrogens is 1. The summed E-state index contributed by atoms with van der Waals surface area (Å²) in [5, 5.41) is 16.4. The average Bonchev–Trinajstić information content (AvgIpc) is 3.31. The second kappa shape index (κ2) is 8.37. The highest BCUT2D eigenvalue weighted by Crippen LogP contribution is 2.30. The SMILES string of the molecule is CC1=NN2C(=N)/C(=C/c3cn(CCOc4cc(C)cc(C)c4)c4ccccc34)C(=O)N=C2S1. The number of aliphatic imine (C=N–C) groups is 1. The molecule has 2 aromatic carbocycles. The molecule has 1 amide bonds. The summed E-state index contributed by atoms with van der Waals surface area (Å²) in [6.45, 7) is 7.11. The molecule has 7 nitrogen and oxygen atoms in total. The summed E-state index contributed by atoms with van der Waals surface area (Å²) in [7, 11) is 0. The minimum atomic E-state index is -0.418. The Balaban J connectivity index is 1.43. The van der Waals surface area contributed by atoms with Gasteiger partial charge >= 0.3 is 0 Å². The van der Waals surface area contributed by atoms with E-state index >= 15 is 0 Å². The molecule has 33 heavy (non-hydrogen) atoms. The molecule has 2 aliphatic rings. The number of carbonyl (C=O) groups excluding carboxylic acids is 1. The van der Waals surface area contributed by atoms with E-state index in [2.05, 4.69) is 34.6 Å². The van der Waals surface area contributed by atoms with Gasteiger partial charge in [-0.25, -0.2) is 0 Å². The van der Waals surface area contributed by atoms with Crippen LogP contribution in [0, 0.1) is 19.3 Å². The second-order valence-electron chi connectivity index (χ2n) is 8.11. The van der Waals surface area contributed by atoms with E-state index in [4.69, 9.17) is 10.1 Å². The third kappa shape index (κ3) is 4.09. The summed E-state index contributed by atoms with van der Waals surface area (Å²) in [5.74, 6) is 0.489. The maximum Gasteiger partial charge on any atom is 0.283 e. The van der Waals surface area contributed by atoms with Gasteiger partial charge in [-0.1, -0.05) is 24.3 Å². The lowest BCUT2D eigenvalue weighted by atomic mass is 10.1. The molecule has 3 heterocycles. The van der Waals surface area contributed by atoms with Crippen LogP contribution in [0.2, 0.25) is 0 Å². The van der Waals surface area contributed by atoms with E-state index in [1.807, 2.05) is 49.5 Å². The molecule has 0 aliphatic carbocycles. The van der Waals surface area contributed by atoms with Gasteiger partial charge in [0.15, 0.2) is 5.84 Å². The summed E-state index contributed by atoms with van der Waals surface area (Å²) in [5.41, 5.74) is 4.47. The van der Waals surface area contributed by atoms with Gasteiger partial charge in [0.25, 0.3) is 5.91 Å². The van der Waals surface area contributed by atoms with Crippen LogP contribution in [0.1, 0.15) is 23.6 Å². The van der Waals surface area contributed by atoms with Gasteiger partial charge < -0.3 is 9.30 Å². The topological polar surface area (TPSA) is 83.0 Å². The molecule has 3 aromatic rings. The van der Waals surface area contributed by atoms with Crippen LogP contribution in [0.3, 0.4) is 0 Å². The molecule has 0 bridgehead atoms. The van der Waals surface area contributed by atoms with Crippen LogP contribution in [0.4, 0.5) is 0 Å². The smallest absolute Gasteiger partial charge is 0.283 e. The molecule has 2 aliphatic heterocycles. The minimum Gasteiger partial charge on any atom is -0.492 e. The maximum atomic E-state index is 12.7. The predicted molar refractivity (Wildman–Crippen MR) is 134 cm³/mol. The average molecular weight is 458 g/mol. The third-order valence-corrected chi connectivity index (χ3v) is 6.29. The number of nitrogens with zero attached hydrogens (tertiary/aromatic N) is 4. The normalized spacial score (nSPS) is 16.9. The number of benzene rings is 2. The van der Waals surface area contributed by atoms with Gasteiger partial charge in [0.2, 0.25) is 5.17 Å². The maximum absolute atomic E-state index is 12.7. The summed E-state index contributed by atoms with van der Waals surface area (Å²) < 4.78 is 8.12. The van der Waals surface area contributed by atoms with E-state index in [-0.39, 0.29) is 11.4 Å². The molecule has 8 heteroatoms. The molecule has 0 saturated carbocycles. The number of fused-ring (bicyclic) bond motifs is 2. The number of ether oxygens (including phenoxy) is 1. The van der Waals surface area contributed by atoms with Crippen LogP contribution in [-0.4, -0.2) is 38.1 Å². The van der Waals surface area contributed by atoms with Crippen molar-refractivity contribution in [2.75, 3.05) is 6.61 Å². The Morgan fingerprint density at radius 3 is 2.67 bits per heavy atom. The van der Waals surface area contributed by atoms with Crippen LogP contribution < -0.4 is 4.74 Å². The van der Waals surface area contributed by atoms with Crippen LogP contribution in [0.15, 0.2) is 64.3 Å². The number of amides is 1. The summed E-state index contributed by atoms with van der Waals surface area (Å²) in [6.07, 6.45) is 3.73. The molecule has 0 saturated heterocycles. The first-order chi connectivity index (χ1) is 15.9. The van der Waals surface area contributed by atoms with E-state index < -0.39 is 5.91 Å². The van der Waals surface area contributed by atoms with Gasteiger partial charge in [-0.3, -0.25) is 10.2 Å². The number of carbonyl (C=O) groups is 1. The number of hydrogen-bond donors (Lipinski definition) is 1. The lowest BCUT2D eigenvalue weighted by Gasteiger charge is -2.20. The Bertz CT molecular complexity index is 1380. The second-order valence-corrected chi connectivity index (χ2v) is 9.27. The molecule has 5 rings (SSSR count). The van der Waals surface area contributed by atoms with Crippen molar-refractivity contribution in [3.8, 4) is 5.75 Å². The Kier molecular flexibility index (Phi) is 5.38. The van der Waals surface area contributed by atoms with Crippen LogP contribution in [-0.2, 0) is 11.3 Å². The molecule has 0 fully saturated rings. The first-order valence-electron chi connectivity index (χ1n) is 10.6. The predicted octanol–water partition coefficient (Wildman–Crippen LogP) is 4.98. The monoisotopic (exact) mass is 457 g/mol. The molecule has 166 valence electrons. The fourth-order valence-electron chi connectivity index (χ4n) is 4.10. The number of para-hydroxylation sites is 1. The van der Waals surface area contributed by atoms with E-state index in [1.165, 1.54) is 27.9 Å². The zero-order valence-corrected chi connectivity index (χ0v) is 19.4. The van der Waals surface area contributed by atoms with E-state index in [9.17, 15) is 4.79 Å². The van der Waals surface area contributed by atoms with Crippen molar-refractivity contribution in [3.63, 3.8) is 0 Å². The van der Waals surface area contributed by atoms with Crippen molar-refractivity contribution in [1.29, 1.82) is 5.41 Å². The van der Waals surface area contributed by atoms with Crippen molar-refractivity contribution in [1.82, 2.24) is 9.58 Å². The number of hydrogen-bond acceptors (Lipinski definition) is 5. The number of aryl methyl sites for hydroxylation is 2. The largest absolute Gasteiger partial charge is 0.492 e. The van der Waals surface area contributed by atoms with Gasteiger partial charge in [0.1, 0.15) is 12.4 Å². The highest BCUT2D eigenvalue weighted by molar-refractivity contribution is 8.26. The Morgan fingerprint density at radius 2 is 1.88 bits per heavy atom. The lowest BCUT2D eigenvalue weighted by molar-refractivity contribution is -0.114. The quantitative estimate of drug-likeness (QED) is 0.548. The van der Waals surface area contributed by atoms with E-state index in [0.29, 0.717) is 18.3 Å². The van der Waals surface area contributed by atoms with Crippen molar-refractivity contribution in [2.45, 2.75) is 27.3 Å². The van der Waals surface area contributed by atoms with Gasteiger partial charge in [-0.2, -0.15) is 15.1 Å². The summed E-state index contributed by atoms with van der Waals surface area (Å²) in [6, 6.07) is 14.2. The molecule has 0 atom stereocenters. The van der Waals surface area contributed by atoms with Gasteiger partial charge in [-0.05, 0) is 67.9 Å². The molecular formula is C25H23N5O2S. The molecule has 0 radical (unpaired) electrons. The zero-order chi connectivity index (χ0) is 23.1. The van der Waals surface area contributed by atoms with Crippen molar-refractivity contribution < 1.29 is 9.53 Å². The van der Waals surface area contributed by atoms with Crippen LogP contribution in [0.5, 0.6) is 5.75 Å². The first kappa shape index (κ1) is 21.2. The van der Waals surface area contributed by atoms with Crippen molar-refractivity contribution in [2.24, 2.45) is 10.1 Å². The van der Waals surface area contributed by atoms with Crippen LogP contribution >= 0.6 is 11.8 Å². The van der Waals surface area contributed by atoms with Crippen molar-refractivity contribution >= 4 is 50.7 Å². The Hall–Kier alpha value is -3.65. The number of thioether (sulfide) groups is 1. The van der Waals surface area contributed by atoms with Crippen molar-refractivity contribution in [3.05, 3.63) is 70.9 Å². The first-order valence-corrected chi connectivity index (χ1v) is 11.5. The zero-order valence-electron chi connectivity index (χ0n) is 18.6. The number of hydrazone groups is 1. The Morgan fingerprint density at radius 1 is 1.12 bits per heavy atom. The van der Waals surface area contributed by atoms with Gasteiger partial charge in [0.05, 0.1) is 17.2 Å². The molecule has 0 unspecified atom stereocenters. The molecular weight excluding hydrogens is 434 g/mol. The summed E-state index contributed by atoms with van der Waals surface area (Å²) in [4.78, 5) is 16.8. The fourth-order valence-corrected chi connectivity index (χ4v) is 4.83. The molecule has 1 aromatic heterocycles. The van der Waals surface area contributed by atoms with Gasteiger partial charge in [0, 0.05) is 22.7 Å². The third-order valence-electron chi connectivity index (χ3n) is 5.47. The summed E-state index contributed by atoms with van der Waals surface area (Å²) >= 11 is 1.30. The lowest BCUT2D eigenvalue weighted by Crippen LogP contribution is -2.35. The van der Waals surface area contributed by atoms with Gasteiger partial charge in [-0.15, -0.1) is 0 Å². The molecule has 0 spiro atoms. The standard InChI is InChI=1S/C25H23N5O2S/c1-15-10-16(2)12-19(11-15)32-9-8-29-14-18(20-6-4-5-7-22(20)29)13-21-23(26)30-25(27-24(21)31)33-17(3)28-30/h4-7,10-14,26H,8-9H2,1-3H3/b21-13-,26-23?. The molecule has 1 N–H and O–H groups in total. The van der Waals surface area contributed by atoms with Crippen LogP contribution in [0.25, 0.3) is 17.0 Å². The highest BCUT2D eigenvalue weighted by atomic mass is 32.2. The van der Waals surface area contributed by atoms with E-state index in [0.717, 1.165) is 27.3 Å². The van der Waals surface area contributed by atoms with E-state index in [1.54, 1.807) is 6.08 Å². The minimum absolute atomic E-state index is 0.0457. The highest BCUT2D eigenvalue weighted by Gasteiger charge is 2.34. The number of amidine groups is 2. The Labute approximate surface area is 196 Å². The fraction of sp³-hybridized carbons (Fsp3) is 0.200.